The molecule has 0 spiro atoms. The van der Waals surface area contributed by atoms with Crippen LogP contribution < -0.4 is 4.72 Å². The van der Waals surface area contributed by atoms with Crippen LogP contribution in [-0.4, -0.2) is 25.6 Å². The number of nitrogens with one attached hydrogen (secondary N) is 2. The highest BCUT2D eigenvalue weighted by molar-refractivity contribution is 7.89. The van der Waals surface area contributed by atoms with Crippen molar-refractivity contribution in [2.45, 2.75) is 44.3 Å². The molecule has 29 heavy (non-hydrogen) atoms. The van der Waals surface area contributed by atoms with Crippen molar-refractivity contribution in [1.29, 1.82) is 0 Å². The summed E-state index contributed by atoms with van der Waals surface area (Å²) in [6.07, 6.45) is -3.90. The van der Waals surface area contributed by atoms with E-state index in [1.807, 2.05) is 4.72 Å². The zero-order chi connectivity index (χ0) is 21.6. The largest absolute Gasteiger partial charge is 0.405 e. The zero-order valence-corrected chi connectivity index (χ0v) is 17.6. The van der Waals surface area contributed by atoms with E-state index in [1.54, 1.807) is 51.1 Å². The lowest BCUT2D eigenvalue weighted by Crippen LogP contribution is -2.47. The van der Waals surface area contributed by atoms with Gasteiger partial charge < -0.3 is 4.98 Å². The molecule has 1 atom stereocenters. The van der Waals surface area contributed by atoms with Gasteiger partial charge in [0.15, 0.2) is 0 Å². The lowest BCUT2D eigenvalue weighted by molar-refractivity contribution is -0.150. The summed E-state index contributed by atoms with van der Waals surface area (Å²) in [6.45, 7) is 4.93. The lowest BCUT2D eigenvalue weighted by atomic mass is 10.1. The summed E-state index contributed by atoms with van der Waals surface area (Å²) in [6, 6.07) is 5.81. The van der Waals surface area contributed by atoms with Gasteiger partial charge in [0, 0.05) is 22.1 Å². The molecule has 0 amide bonds. The third kappa shape index (κ3) is 4.60. The highest BCUT2D eigenvalue weighted by Gasteiger charge is 2.43. The molecule has 0 fully saturated rings. The van der Waals surface area contributed by atoms with Gasteiger partial charge in [-0.3, -0.25) is 0 Å². The summed E-state index contributed by atoms with van der Waals surface area (Å²) in [4.78, 5) is 2.76. The summed E-state index contributed by atoms with van der Waals surface area (Å²) in [7, 11) is -4.39. The Kier molecular flexibility index (Phi) is 5.73. The minimum atomic E-state index is -4.78. The summed E-state index contributed by atoms with van der Waals surface area (Å²) in [5, 5.41) is 0.905. The molecule has 0 aliphatic rings. The van der Waals surface area contributed by atoms with Gasteiger partial charge in [-0.05, 0) is 62.1 Å². The van der Waals surface area contributed by atoms with Gasteiger partial charge in [0.2, 0.25) is 10.0 Å². The molecule has 156 valence electrons. The first kappa shape index (κ1) is 21.7. The van der Waals surface area contributed by atoms with Crippen LogP contribution in [0, 0.1) is 20.8 Å². The molecule has 4 nitrogen and oxygen atoms in total. The Hall–Kier alpha value is -2.03. The maximum Gasteiger partial charge on any atom is 0.405 e. The molecule has 1 unspecified atom stereocenters. The van der Waals surface area contributed by atoms with Gasteiger partial charge in [-0.2, -0.15) is 17.9 Å². The lowest BCUT2D eigenvalue weighted by Gasteiger charge is -2.23. The number of H-pyrrole nitrogens is 1. The van der Waals surface area contributed by atoms with Gasteiger partial charge in [-0.1, -0.05) is 29.3 Å². The number of aromatic amines is 1. The molecular weight excluding hydrogens is 425 g/mol. The minimum Gasteiger partial charge on any atom is -0.361 e. The minimum absolute atomic E-state index is 0.126. The van der Waals surface area contributed by atoms with E-state index in [2.05, 4.69) is 4.98 Å². The second-order valence-electron chi connectivity index (χ2n) is 7.15. The van der Waals surface area contributed by atoms with Gasteiger partial charge in [-0.15, -0.1) is 0 Å². The van der Waals surface area contributed by atoms with Crippen molar-refractivity contribution >= 4 is 32.5 Å². The van der Waals surface area contributed by atoms with E-state index in [1.165, 1.54) is 6.20 Å². The van der Waals surface area contributed by atoms with Crippen molar-refractivity contribution < 1.29 is 21.6 Å². The van der Waals surface area contributed by atoms with Crippen LogP contribution in [0.2, 0.25) is 5.02 Å². The molecule has 9 heteroatoms. The van der Waals surface area contributed by atoms with Crippen LogP contribution in [0.1, 0.15) is 22.3 Å². The third-order valence-corrected chi connectivity index (χ3v) is 6.73. The number of fused-ring (bicyclic) bond motifs is 1. The van der Waals surface area contributed by atoms with E-state index in [-0.39, 0.29) is 4.90 Å². The SMILES string of the molecule is Cc1cc(C)c(S(=O)(=O)NC(Cc2c[nH]c3ccc(Cl)cc23)C(F)(F)F)c(C)c1. The normalized spacial score (nSPS) is 13.8. The van der Waals surface area contributed by atoms with Crippen LogP contribution in [0.15, 0.2) is 41.4 Å². The molecule has 0 radical (unpaired) electrons. The van der Waals surface area contributed by atoms with Crippen molar-refractivity contribution in [3.05, 3.63) is 63.8 Å². The first-order valence-electron chi connectivity index (χ1n) is 8.81. The van der Waals surface area contributed by atoms with Gasteiger partial charge in [-0.25, -0.2) is 8.42 Å². The third-order valence-electron chi connectivity index (χ3n) is 4.72. The number of aromatic nitrogens is 1. The highest BCUT2D eigenvalue weighted by Crippen LogP contribution is 2.30. The maximum atomic E-state index is 13.7. The first-order chi connectivity index (χ1) is 13.4. The molecule has 3 aromatic rings. The second-order valence-corrected chi connectivity index (χ2v) is 9.24. The van der Waals surface area contributed by atoms with Crippen molar-refractivity contribution in [2.24, 2.45) is 0 Å². The molecule has 0 bridgehead atoms. The molecule has 0 aliphatic heterocycles. The van der Waals surface area contributed by atoms with Crippen LogP contribution in [0.25, 0.3) is 10.9 Å². The number of alkyl halides is 3. The quantitative estimate of drug-likeness (QED) is 0.568. The summed E-state index contributed by atoms with van der Waals surface area (Å²) in [5.74, 6) is 0. The Morgan fingerprint density at radius 3 is 2.31 bits per heavy atom. The second kappa shape index (κ2) is 7.66. The van der Waals surface area contributed by atoms with E-state index in [0.717, 1.165) is 5.56 Å². The number of benzene rings is 2. The topological polar surface area (TPSA) is 62.0 Å². The first-order valence-corrected chi connectivity index (χ1v) is 10.7. The highest BCUT2D eigenvalue weighted by atomic mass is 35.5. The Morgan fingerprint density at radius 2 is 1.72 bits per heavy atom. The van der Waals surface area contributed by atoms with E-state index < -0.39 is 28.7 Å². The van der Waals surface area contributed by atoms with Gasteiger partial charge >= 0.3 is 6.18 Å². The molecule has 2 N–H and O–H groups in total. The van der Waals surface area contributed by atoms with E-state index >= 15 is 0 Å². The molecule has 0 saturated heterocycles. The van der Waals surface area contributed by atoms with Crippen molar-refractivity contribution in [1.82, 2.24) is 9.71 Å². The fourth-order valence-electron chi connectivity index (χ4n) is 3.60. The number of sulfonamides is 1. The average molecular weight is 445 g/mol. The van der Waals surface area contributed by atoms with E-state index in [4.69, 9.17) is 11.6 Å². The molecule has 2 aromatic carbocycles. The van der Waals surface area contributed by atoms with Crippen LogP contribution in [0.5, 0.6) is 0 Å². The van der Waals surface area contributed by atoms with Crippen molar-refractivity contribution in [3.63, 3.8) is 0 Å². The van der Waals surface area contributed by atoms with Crippen LogP contribution in [0.3, 0.4) is 0 Å². The fraction of sp³-hybridized carbons (Fsp3) is 0.300. The van der Waals surface area contributed by atoms with Crippen molar-refractivity contribution in [3.8, 4) is 0 Å². The smallest absolute Gasteiger partial charge is 0.361 e. The molecule has 0 aliphatic carbocycles. The molecule has 0 saturated carbocycles. The Labute approximate surface area is 172 Å². The number of rotatable bonds is 5. The molecular formula is C20H20ClF3N2O2S. The van der Waals surface area contributed by atoms with Crippen molar-refractivity contribution in [2.75, 3.05) is 0 Å². The summed E-state index contributed by atoms with van der Waals surface area (Å²) >= 11 is 5.96. The van der Waals surface area contributed by atoms with Gasteiger partial charge in [0.1, 0.15) is 6.04 Å². The number of aryl methyl sites for hydroxylation is 3. The standard InChI is InChI=1S/C20H20ClF3N2O2S/c1-11-6-12(2)19(13(3)7-11)29(27,28)26-18(20(22,23)24)8-14-10-25-17-5-4-15(21)9-16(14)17/h4-7,9-10,18,25-26H,8H2,1-3H3. The fourth-order valence-corrected chi connectivity index (χ4v) is 5.45. The summed E-state index contributed by atoms with van der Waals surface area (Å²) < 4.78 is 68.8. The molecule has 1 heterocycles. The van der Waals surface area contributed by atoms with Crippen LogP contribution in [-0.2, 0) is 16.4 Å². The van der Waals surface area contributed by atoms with Crippen LogP contribution in [0.4, 0.5) is 13.2 Å². The zero-order valence-electron chi connectivity index (χ0n) is 16.0. The Bertz CT molecular complexity index is 1150. The number of halogens is 4. The van der Waals surface area contributed by atoms with Gasteiger partial charge in [0.25, 0.3) is 0 Å². The predicted octanol–water partition coefficient (Wildman–Crippen LogP) is 5.20. The Balaban J connectivity index is 1.99. The molecule has 3 rings (SSSR count). The predicted molar refractivity (Wildman–Crippen MR) is 108 cm³/mol. The van der Waals surface area contributed by atoms with Crippen LogP contribution >= 0.6 is 11.6 Å². The summed E-state index contributed by atoms with van der Waals surface area (Å²) in [5.41, 5.74) is 2.58. The van der Waals surface area contributed by atoms with E-state index in [9.17, 15) is 21.6 Å². The number of hydrogen-bond acceptors (Lipinski definition) is 2. The van der Waals surface area contributed by atoms with E-state index in [0.29, 0.717) is 32.6 Å². The molecule has 1 aromatic heterocycles. The maximum absolute atomic E-state index is 13.7. The monoisotopic (exact) mass is 444 g/mol. The van der Waals surface area contributed by atoms with Gasteiger partial charge in [0.05, 0.1) is 4.90 Å². The average Bonchev–Trinajstić information content (AvgIpc) is 2.94. The Morgan fingerprint density at radius 1 is 1.10 bits per heavy atom. The number of hydrogen-bond donors (Lipinski definition) is 2.